The van der Waals surface area contributed by atoms with Crippen LogP contribution in [0.2, 0.25) is 0 Å². The van der Waals surface area contributed by atoms with Crippen LogP contribution < -0.4 is 19.8 Å². The molecule has 1 heterocycles. The van der Waals surface area contributed by atoms with Crippen LogP contribution in [-0.2, 0) is 0 Å². The van der Waals surface area contributed by atoms with Gasteiger partial charge < -0.3 is 18.6 Å². The minimum absolute atomic E-state index is 0.112. The predicted octanol–water partition coefficient (Wildman–Crippen LogP) is 7.39. The van der Waals surface area contributed by atoms with Crippen molar-refractivity contribution in [2.24, 2.45) is 0 Å². The van der Waals surface area contributed by atoms with Crippen LogP contribution in [0, 0.1) is 0 Å². The molecule has 2 aromatic rings. The highest BCUT2D eigenvalue weighted by Gasteiger charge is 2.19. The van der Waals surface area contributed by atoms with Crippen molar-refractivity contribution in [2.75, 3.05) is 13.2 Å². The second kappa shape index (κ2) is 13.6. The lowest BCUT2D eigenvalue weighted by Gasteiger charge is -2.15. The molecule has 2 rings (SSSR count). The van der Waals surface area contributed by atoms with Gasteiger partial charge in [-0.2, -0.15) is 0 Å². The molecule has 0 N–H and O–H groups in total. The normalized spacial score (nSPS) is 11.9. The van der Waals surface area contributed by atoms with Gasteiger partial charge in [-0.25, -0.2) is 4.79 Å². The third-order valence-electron chi connectivity index (χ3n) is 4.85. The van der Waals surface area contributed by atoms with Gasteiger partial charge in [0.05, 0.1) is 18.1 Å². The van der Waals surface area contributed by atoms with Crippen LogP contribution >= 0.6 is 0 Å². The zero-order valence-electron chi connectivity index (χ0n) is 20.9. The maximum atomic E-state index is 12.6. The van der Waals surface area contributed by atoms with Crippen molar-refractivity contribution < 1.29 is 18.6 Å². The number of fused-ring (bicyclic) bond motifs is 1. The lowest BCUT2D eigenvalue weighted by Crippen LogP contribution is -2.15. The van der Waals surface area contributed by atoms with E-state index in [1.165, 1.54) is 11.1 Å². The van der Waals surface area contributed by atoms with Crippen molar-refractivity contribution in [3.63, 3.8) is 0 Å². The van der Waals surface area contributed by atoms with E-state index < -0.39 is 5.63 Å². The van der Waals surface area contributed by atoms with E-state index in [1.54, 1.807) is 6.07 Å². The van der Waals surface area contributed by atoms with Crippen LogP contribution in [-0.4, -0.2) is 19.3 Å². The van der Waals surface area contributed by atoms with E-state index >= 15 is 0 Å². The highest BCUT2D eigenvalue weighted by atomic mass is 16.5. The molecule has 0 fully saturated rings. The van der Waals surface area contributed by atoms with Crippen molar-refractivity contribution >= 4 is 11.0 Å². The molecule has 33 heavy (non-hydrogen) atoms. The Balaban J connectivity index is 2.20. The standard InChI is InChI=1S/C28H38O5/c1-7-8-9-10-17-31-26-24-15-14-23(30-18-16-22(6)13-11-12-20(2)3)19-25(24)33-28(29)27(26)32-21(4)5/h8-9,12,14-16,19,21H,7,10-11,13,17-18H2,1-6H3/b9-8?,22-16+. The van der Waals surface area contributed by atoms with E-state index in [2.05, 4.69) is 52.0 Å². The first-order valence-corrected chi connectivity index (χ1v) is 11.8. The fourth-order valence-electron chi connectivity index (χ4n) is 3.19. The molecule has 0 saturated carbocycles. The number of ether oxygens (including phenoxy) is 3. The molecular weight excluding hydrogens is 416 g/mol. The molecular formula is C28H38O5. The Morgan fingerprint density at radius 3 is 2.52 bits per heavy atom. The quantitative estimate of drug-likeness (QED) is 0.179. The van der Waals surface area contributed by atoms with E-state index in [1.807, 2.05) is 26.0 Å². The fourth-order valence-corrected chi connectivity index (χ4v) is 3.19. The SMILES string of the molecule is CCC=CCCOc1c(OC(C)C)c(=O)oc2cc(OC/C=C(\C)CCC=C(C)C)ccc12. The molecule has 0 radical (unpaired) electrons. The molecule has 0 spiro atoms. The minimum atomic E-state index is -0.553. The summed E-state index contributed by atoms with van der Waals surface area (Å²) in [5.74, 6) is 1.16. The van der Waals surface area contributed by atoms with E-state index in [0.29, 0.717) is 35.7 Å². The molecule has 0 atom stereocenters. The number of hydrogen-bond acceptors (Lipinski definition) is 5. The summed E-state index contributed by atoms with van der Waals surface area (Å²) in [7, 11) is 0. The topological polar surface area (TPSA) is 57.9 Å². The van der Waals surface area contributed by atoms with E-state index in [0.717, 1.165) is 25.7 Å². The first kappa shape index (κ1) is 26.3. The van der Waals surface area contributed by atoms with Crippen molar-refractivity contribution in [1.29, 1.82) is 0 Å². The summed E-state index contributed by atoms with van der Waals surface area (Å²) in [6.45, 7) is 13.0. The minimum Gasteiger partial charge on any atom is -0.489 e. The molecule has 0 unspecified atom stereocenters. The van der Waals surface area contributed by atoms with Gasteiger partial charge >= 0.3 is 5.63 Å². The summed E-state index contributed by atoms with van der Waals surface area (Å²) >= 11 is 0. The molecule has 5 heteroatoms. The second-order valence-electron chi connectivity index (χ2n) is 8.57. The lowest BCUT2D eigenvalue weighted by atomic mass is 10.1. The van der Waals surface area contributed by atoms with Crippen LogP contribution in [0.25, 0.3) is 11.0 Å². The molecule has 0 bridgehead atoms. The van der Waals surface area contributed by atoms with Gasteiger partial charge in [-0.1, -0.05) is 36.3 Å². The van der Waals surface area contributed by atoms with Gasteiger partial charge in [-0.05, 0) is 78.5 Å². The number of allylic oxidation sites excluding steroid dienone is 4. The van der Waals surface area contributed by atoms with Crippen molar-refractivity contribution in [1.82, 2.24) is 0 Å². The Labute approximate surface area is 197 Å². The molecule has 0 saturated heterocycles. The van der Waals surface area contributed by atoms with Crippen LogP contribution in [0.3, 0.4) is 0 Å². The molecule has 1 aromatic heterocycles. The van der Waals surface area contributed by atoms with Gasteiger partial charge in [0.15, 0.2) is 5.75 Å². The summed E-state index contributed by atoms with van der Waals surface area (Å²) in [5.41, 5.74) is 2.47. The molecule has 5 nitrogen and oxygen atoms in total. The molecule has 1 aromatic carbocycles. The summed E-state index contributed by atoms with van der Waals surface area (Å²) in [6, 6.07) is 5.44. The molecule has 0 aliphatic carbocycles. The van der Waals surface area contributed by atoms with E-state index in [4.69, 9.17) is 18.6 Å². The van der Waals surface area contributed by atoms with Crippen LogP contribution in [0.4, 0.5) is 0 Å². The fraction of sp³-hybridized carbons (Fsp3) is 0.464. The van der Waals surface area contributed by atoms with Crippen molar-refractivity contribution in [3.05, 3.63) is 64.1 Å². The molecule has 0 aliphatic heterocycles. The smallest absolute Gasteiger partial charge is 0.383 e. The highest BCUT2D eigenvalue weighted by Crippen LogP contribution is 2.35. The van der Waals surface area contributed by atoms with E-state index in [9.17, 15) is 4.79 Å². The first-order chi connectivity index (χ1) is 15.8. The Bertz CT molecular complexity index is 1040. The van der Waals surface area contributed by atoms with Gasteiger partial charge in [0.25, 0.3) is 0 Å². The summed E-state index contributed by atoms with van der Waals surface area (Å²) in [6.07, 6.45) is 12.1. The van der Waals surface area contributed by atoms with Gasteiger partial charge in [-0.15, -0.1) is 0 Å². The lowest BCUT2D eigenvalue weighted by molar-refractivity contribution is 0.213. The zero-order valence-corrected chi connectivity index (χ0v) is 20.9. The monoisotopic (exact) mass is 454 g/mol. The van der Waals surface area contributed by atoms with Gasteiger partial charge in [0.2, 0.25) is 5.75 Å². The molecule has 0 aliphatic rings. The Morgan fingerprint density at radius 2 is 1.82 bits per heavy atom. The summed E-state index contributed by atoms with van der Waals surface area (Å²) < 4.78 is 23.2. The van der Waals surface area contributed by atoms with Gasteiger partial charge in [0, 0.05) is 6.07 Å². The average molecular weight is 455 g/mol. The Morgan fingerprint density at radius 1 is 1.03 bits per heavy atom. The van der Waals surface area contributed by atoms with Crippen LogP contribution in [0.15, 0.2) is 62.9 Å². The Kier molecular flexibility index (Phi) is 10.8. The summed E-state index contributed by atoms with van der Waals surface area (Å²) in [5, 5.41) is 0.686. The Hall–Kier alpha value is -2.95. The second-order valence-corrected chi connectivity index (χ2v) is 8.57. The highest BCUT2D eigenvalue weighted by molar-refractivity contribution is 5.86. The predicted molar refractivity (Wildman–Crippen MR) is 136 cm³/mol. The van der Waals surface area contributed by atoms with Crippen LogP contribution in [0.1, 0.15) is 67.2 Å². The van der Waals surface area contributed by atoms with E-state index in [-0.39, 0.29) is 11.9 Å². The maximum absolute atomic E-state index is 12.6. The van der Waals surface area contributed by atoms with Gasteiger partial charge in [0.1, 0.15) is 17.9 Å². The maximum Gasteiger partial charge on any atom is 0.383 e. The zero-order chi connectivity index (χ0) is 24.2. The first-order valence-electron chi connectivity index (χ1n) is 11.8. The molecule has 180 valence electrons. The average Bonchev–Trinajstić information content (AvgIpc) is 2.74. The van der Waals surface area contributed by atoms with Gasteiger partial charge in [-0.3, -0.25) is 0 Å². The number of benzene rings is 1. The van der Waals surface area contributed by atoms with Crippen molar-refractivity contribution in [3.8, 4) is 17.2 Å². The molecule has 0 amide bonds. The number of hydrogen-bond donors (Lipinski definition) is 0. The van der Waals surface area contributed by atoms with Crippen molar-refractivity contribution in [2.45, 2.75) is 73.3 Å². The third-order valence-corrected chi connectivity index (χ3v) is 4.85. The van der Waals surface area contributed by atoms with Crippen LogP contribution in [0.5, 0.6) is 17.2 Å². The third kappa shape index (κ3) is 8.83. The number of rotatable bonds is 13. The summed E-state index contributed by atoms with van der Waals surface area (Å²) in [4.78, 5) is 12.6. The largest absolute Gasteiger partial charge is 0.489 e.